The first-order valence-corrected chi connectivity index (χ1v) is 8.71. The van der Waals surface area contributed by atoms with E-state index in [9.17, 15) is 4.79 Å². The molecule has 4 nitrogen and oxygen atoms in total. The Morgan fingerprint density at radius 2 is 2.08 bits per heavy atom. The van der Waals surface area contributed by atoms with Gasteiger partial charge in [0.1, 0.15) is 0 Å². The van der Waals surface area contributed by atoms with Crippen molar-refractivity contribution in [1.82, 2.24) is 15.2 Å². The number of carbonyl (C=O) groups excluding carboxylic acids is 1. The van der Waals surface area contributed by atoms with Crippen LogP contribution in [0.1, 0.15) is 17.7 Å². The highest BCUT2D eigenvalue weighted by Gasteiger charge is 2.28. The first-order valence-electron chi connectivity index (χ1n) is 7.96. The molecular weight excluding hydrogens is 345 g/mol. The highest BCUT2D eigenvalue weighted by atomic mass is 35.5. The van der Waals surface area contributed by atoms with Crippen LogP contribution in [0.15, 0.2) is 42.6 Å². The second-order valence-corrected chi connectivity index (χ2v) is 6.85. The molecule has 1 amide bonds. The summed E-state index contributed by atoms with van der Waals surface area (Å²) in [5.74, 6) is 0.122. The van der Waals surface area contributed by atoms with Gasteiger partial charge < -0.3 is 5.32 Å². The molecule has 0 saturated carbocycles. The van der Waals surface area contributed by atoms with Crippen molar-refractivity contribution in [3.8, 4) is 0 Å². The lowest BCUT2D eigenvalue weighted by atomic mass is 10.1. The minimum absolute atomic E-state index is 0.0137. The van der Waals surface area contributed by atoms with E-state index in [1.807, 2.05) is 30.3 Å². The van der Waals surface area contributed by atoms with Crippen molar-refractivity contribution in [2.45, 2.75) is 19.5 Å². The second kappa shape index (κ2) is 7.97. The maximum atomic E-state index is 12.3. The summed E-state index contributed by atoms with van der Waals surface area (Å²) in [5.41, 5.74) is 1.91. The lowest BCUT2D eigenvalue weighted by molar-refractivity contribution is -0.124. The van der Waals surface area contributed by atoms with Crippen LogP contribution in [0.2, 0.25) is 10.0 Å². The minimum atomic E-state index is 0.0137. The maximum absolute atomic E-state index is 12.3. The molecule has 3 rings (SSSR count). The van der Waals surface area contributed by atoms with E-state index in [0.717, 1.165) is 30.8 Å². The number of pyridine rings is 1. The third kappa shape index (κ3) is 4.47. The molecule has 1 unspecified atom stereocenters. The van der Waals surface area contributed by atoms with Gasteiger partial charge in [0.2, 0.25) is 5.91 Å². The number of likely N-dealkylation sites (tertiary alicyclic amines) is 1. The number of nitrogens with zero attached hydrogens (tertiary/aromatic N) is 2. The third-order valence-corrected chi connectivity index (χ3v) is 4.74. The molecule has 0 spiro atoms. The normalized spacial score (nSPS) is 17.8. The van der Waals surface area contributed by atoms with Crippen molar-refractivity contribution >= 4 is 29.1 Å². The zero-order valence-corrected chi connectivity index (χ0v) is 14.7. The minimum Gasteiger partial charge on any atom is -0.352 e. The highest BCUT2D eigenvalue weighted by Crippen LogP contribution is 2.23. The first kappa shape index (κ1) is 17.2. The molecule has 1 saturated heterocycles. The molecule has 1 atom stereocenters. The van der Waals surface area contributed by atoms with Crippen molar-refractivity contribution in [3.05, 3.63) is 63.9 Å². The van der Waals surface area contributed by atoms with Crippen molar-refractivity contribution in [2.75, 3.05) is 13.1 Å². The Kier molecular flexibility index (Phi) is 5.72. The average Bonchev–Trinajstić information content (AvgIpc) is 3.05. The van der Waals surface area contributed by atoms with E-state index in [0.29, 0.717) is 23.1 Å². The van der Waals surface area contributed by atoms with Gasteiger partial charge in [0.05, 0.1) is 21.7 Å². The van der Waals surface area contributed by atoms with Gasteiger partial charge in [-0.25, -0.2) is 0 Å². The molecule has 0 bridgehead atoms. The van der Waals surface area contributed by atoms with Gasteiger partial charge in [0.15, 0.2) is 0 Å². The number of rotatable bonds is 5. The van der Waals surface area contributed by atoms with E-state index < -0.39 is 0 Å². The summed E-state index contributed by atoms with van der Waals surface area (Å²) in [6, 6.07) is 11.6. The van der Waals surface area contributed by atoms with Gasteiger partial charge in [-0.05, 0) is 24.6 Å². The summed E-state index contributed by atoms with van der Waals surface area (Å²) in [5, 5.41) is 4.12. The van der Waals surface area contributed by atoms with Gasteiger partial charge in [-0.2, -0.15) is 0 Å². The molecule has 126 valence electrons. The van der Waals surface area contributed by atoms with Crippen molar-refractivity contribution in [2.24, 2.45) is 5.92 Å². The number of benzene rings is 1. The van der Waals surface area contributed by atoms with Crippen LogP contribution in [0.3, 0.4) is 0 Å². The number of hydrogen-bond donors (Lipinski definition) is 1. The lowest BCUT2D eigenvalue weighted by Gasteiger charge is -2.16. The van der Waals surface area contributed by atoms with Gasteiger partial charge in [-0.15, -0.1) is 0 Å². The Morgan fingerprint density at radius 1 is 1.29 bits per heavy atom. The van der Waals surface area contributed by atoms with Gasteiger partial charge >= 0.3 is 0 Å². The summed E-state index contributed by atoms with van der Waals surface area (Å²) in [7, 11) is 0. The zero-order chi connectivity index (χ0) is 16.9. The van der Waals surface area contributed by atoms with Crippen LogP contribution in [0, 0.1) is 5.92 Å². The Morgan fingerprint density at radius 3 is 2.83 bits per heavy atom. The zero-order valence-electron chi connectivity index (χ0n) is 13.2. The molecule has 1 aliphatic rings. The molecule has 2 aromatic rings. The molecule has 1 aromatic heterocycles. The van der Waals surface area contributed by atoms with Crippen LogP contribution in [0.5, 0.6) is 0 Å². The summed E-state index contributed by atoms with van der Waals surface area (Å²) in [6.07, 6.45) is 2.45. The number of halogens is 2. The molecule has 6 heteroatoms. The number of hydrogen-bond acceptors (Lipinski definition) is 3. The van der Waals surface area contributed by atoms with E-state index in [2.05, 4.69) is 15.2 Å². The second-order valence-electron chi connectivity index (χ2n) is 6.01. The van der Waals surface area contributed by atoms with Crippen molar-refractivity contribution < 1.29 is 4.79 Å². The molecule has 2 heterocycles. The standard InChI is InChI=1S/C18H19Cl2N3O/c19-15-8-16(20)17(21-10-15)12-23-7-6-14(11-23)18(24)22-9-13-4-2-1-3-5-13/h1-5,8,10,14H,6-7,9,11-12H2,(H,22,24). The summed E-state index contributed by atoms with van der Waals surface area (Å²) < 4.78 is 0. The molecular formula is C18H19Cl2N3O. The largest absolute Gasteiger partial charge is 0.352 e. The Hall–Kier alpha value is -1.62. The van der Waals surface area contributed by atoms with Crippen LogP contribution in [-0.2, 0) is 17.9 Å². The van der Waals surface area contributed by atoms with Gasteiger partial charge in [-0.1, -0.05) is 53.5 Å². The fraction of sp³-hybridized carbons (Fsp3) is 0.333. The molecule has 1 aliphatic heterocycles. The predicted molar refractivity (Wildman–Crippen MR) is 95.9 cm³/mol. The van der Waals surface area contributed by atoms with E-state index in [1.54, 1.807) is 12.3 Å². The summed E-state index contributed by atoms with van der Waals surface area (Å²) in [6.45, 7) is 2.80. The monoisotopic (exact) mass is 363 g/mol. The van der Waals surface area contributed by atoms with Crippen molar-refractivity contribution in [3.63, 3.8) is 0 Å². The highest BCUT2D eigenvalue weighted by molar-refractivity contribution is 6.34. The smallest absolute Gasteiger partial charge is 0.224 e. The number of nitrogens with one attached hydrogen (secondary N) is 1. The SMILES string of the molecule is O=C(NCc1ccccc1)C1CCN(Cc2ncc(Cl)cc2Cl)C1. The molecule has 1 aromatic carbocycles. The quantitative estimate of drug-likeness (QED) is 0.883. The Labute approximate surface area is 151 Å². The lowest BCUT2D eigenvalue weighted by Crippen LogP contribution is -2.32. The first-order chi connectivity index (χ1) is 11.6. The fourth-order valence-corrected chi connectivity index (χ4v) is 3.33. The maximum Gasteiger partial charge on any atom is 0.224 e. The van der Waals surface area contributed by atoms with Crippen LogP contribution >= 0.6 is 23.2 Å². The molecule has 1 N–H and O–H groups in total. The van der Waals surface area contributed by atoms with Crippen LogP contribution < -0.4 is 5.32 Å². The van der Waals surface area contributed by atoms with Gasteiger partial charge in [-0.3, -0.25) is 14.7 Å². The Bertz CT molecular complexity index is 709. The summed E-state index contributed by atoms with van der Waals surface area (Å²) >= 11 is 12.0. The summed E-state index contributed by atoms with van der Waals surface area (Å²) in [4.78, 5) is 18.8. The van der Waals surface area contributed by atoms with E-state index in [4.69, 9.17) is 23.2 Å². The number of carbonyl (C=O) groups is 1. The van der Waals surface area contributed by atoms with Crippen LogP contribution in [-0.4, -0.2) is 28.9 Å². The molecule has 0 aliphatic carbocycles. The van der Waals surface area contributed by atoms with Crippen molar-refractivity contribution in [1.29, 1.82) is 0 Å². The van der Waals surface area contributed by atoms with E-state index in [-0.39, 0.29) is 11.8 Å². The molecule has 0 radical (unpaired) electrons. The topological polar surface area (TPSA) is 45.2 Å². The molecule has 1 fully saturated rings. The van der Waals surface area contributed by atoms with Gasteiger partial charge in [0.25, 0.3) is 0 Å². The van der Waals surface area contributed by atoms with E-state index in [1.165, 1.54) is 0 Å². The average molecular weight is 364 g/mol. The van der Waals surface area contributed by atoms with E-state index >= 15 is 0 Å². The Balaban J connectivity index is 1.50. The van der Waals surface area contributed by atoms with Crippen LogP contribution in [0.25, 0.3) is 0 Å². The fourth-order valence-electron chi connectivity index (χ4n) is 2.89. The van der Waals surface area contributed by atoms with Gasteiger partial charge in [0, 0.05) is 25.8 Å². The third-order valence-electron chi connectivity index (χ3n) is 4.21. The predicted octanol–water partition coefficient (Wildman–Crippen LogP) is 3.53. The number of amides is 1. The van der Waals surface area contributed by atoms with Crippen LogP contribution in [0.4, 0.5) is 0 Å². The number of aromatic nitrogens is 1. The molecule has 24 heavy (non-hydrogen) atoms.